The molecule has 9 heteroatoms. The summed E-state index contributed by atoms with van der Waals surface area (Å²) in [6.45, 7) is 5.14. The molecular formula is C22H30N4O5. The van der Waals surface area contributed by atoms with Crippen LogP contribution < -0.4 is 16.0 Å². The third-order valence-corrected chi connectivity index (χ3v) is 5.76. The van der Waals surface area contributed by atoms with Crippen LogP contribution in [0.5, 0.6) is 0 Å². The maximum absolute atomic E-state index is 12.8. The number of carbonyl (C=O) groups excluding carboxylic acids is 4. The summed E-state index contributed by atoms with van der Waals surface area (Å²) >= 11 is 0. The monoisotopic (exact) mass is 430 g/mol. The van der Waals surface area contributed by atoms with E-state index in [0.717, 1.165) is 17.7 Å². The number of benzene rings is 1. The zero-order chi connectivity index (χ0) is 22.4. The van der Waals surface area contributed by atoms with Crippen LogP contribution in [0.15, 0.2) is 24.3 Å². The number of rotatable bonds is 9. The minimum Gasteiger partial charge on any atom is -0.382 e. The Labute approximate surface area is 181 Å². The van der Waals surface area contributed by atoms with Crippen LogP contribution in [0.4, 0.5) is 10.5 Å². The molecule has 3 rings (SSSR count). The molecule has 31 heavy (non-hydrogen) atoms. The number of nitrogens with zero attached hydrogens (tertiary/aromatic N) is 1. The number of ether oxygens (including phenoxy) is 1. The predicted molar refractivity (Wildman–Crippen MR) is 115 cm³/mol. The Kier molecular flexibility index (Phi) is 7.27. The van der Waals surface area contributed by atoms with E-state index in [2.05, 4.69) is 16.0 Å². The van der Waals surface area contributed by atoms with E-state index in [0.29, 0.717) is 50.3 Å². The minimum absolute atomic E-state index is 0.252. The Balaban J connectivity index is 1.59. The molecule has 1 unspecified atom stereocenters. The summed E-state index contributed by atoms with van der Waals surface area (Å²) in [5.74, 6) is -1.08. The van der Waals surface area contributed by atoms with E-state index in [1.165, 1.54) is 6.92 Å². The van der Waals surface area contributed by atoms with Crippen molar-refractivity contribution in [1.29, 1.82) is 0 Å². The number of nitrogens with one attached hydrogen (secondary N) is 3. The van der Waals surface area contributed by atoms with Crippen LogP contribution in [0.1, 0.15) is 56.3 Å². The average Bonchev–Trinajstić information content (AvgIpc) is 3.32. The molecule has 1 spiro atoms. The fraction of sp³-hybridized carbons (Fsp3) is 0.545. The highest BCUT2D eigenvalue weighted by Crippen LogP contribution is 2.35. The molecule has 1 aliphatic carbocycles. The fourth-order valence-electron chi connectivity index (χ4n) is 4.04. The molecular weight excluding hydrogens is 400 g/mol. The first-order valence-corrected chi connectivity index (χ1v) is 10.8. The average molecular weight is 431 g/mol. The van der Waals surface area contributed by atoms with Crippen molar-refractivity contribution >= 4 is 29.4 Å². The molecule has 1 atom stereocenters. The number of amides is 5. The summed E-state index contributed by atoms with van der Waals surface area (Å²) in [5, 5.41) is 8.29. The van der Waals surface area contributed by atoms with Crippen LogP contribution in [-0.4, -0.2) is 60.0 Å². The third kappa shape index (κ3) is 5.04. The van der Waals surface area contributed by atoms with E-state index >= 15 is 0 Å². The van der Waals surface area contributed by atoms with Gasteiger partial charge in [-0.1, -0.05) is 18.9 Å². The van der Waals surface area contributed by atoms with Gasteiger partial charge in [-0.3, -0.25) is 14.4 Å². The lowest BCUT2D eigenvalue weighted by molar-refractivity contribution is -0.136. The Morgan fingerprint density at radius 1 is 1.26 bits per heavy atom. The highest BCUT2D eigenvalue weighted by atomic mass is 16.5. The van der Waals surface area contributed by atoms with Crippen LogP contribution in [0.25, 0.3) is 0 Å². The lowest BCUT2D eigenvalue weighted by Crippen LogP contribution is -2.48. The van der Waals surface area contributed by atoms with Crippen molar-refractivity contribution in [2.45, 2.75) is 57.5 Å². The first-order valence-electron chi connectivity index (χ1n) is 10.8. The summed E-state index contributed by atoms with van der Waals surface area (Å²) in [4.78, 5) is 51.3. The second kappa shape index (κ2) is 9.91. The summed E-state index contributed by atoms with van der Waals surface area (Å²) in [6, 6.07) is 5.03. The van der Waals surface area contributed by atoms with Gasteiger partial charge in [-0.15, -0.1) is 0 Å². The molecule has 3 N–H and O–H groups in total. The van der Waals surface area contributed by atoms with Crippen molar-refractivity contribution in [2.24, 2.45) is 0 Å². The minimum atomic E-state index is -0.969. The molecule has 1 aliphatic heterocycles. The number of anilines is 1. The van der Waals surface area contributed by atoms with E-state index in [1.807, 2.05) is 6.92 Å². The normalized spacial score (nSPS) is 18.2. The predicted octanol–water partition coefficient (Wildman–Crippen LogP) is 2.03. The molecule has 1 aromatic carbocycles. The zero-order valence-electron chi connectivity index (χ0n) is 18.0. The van der Waals surface area contributed by atoms with Gasteiger partial charge < -0.3 is 20.7 Å². The van der Waals surface area contributed by atoms with E-state index in [-0.39, 0.29) is 11.8 Å². The van der Waals surface area contributed by atoms with Crippen molar-refractivity contribution in [3.63, 3.8) is 0 Å². The molecule has 9 nitrogen and oxygen atoms in total. The van der Waals surface area contributed by atoms with Crippen LogP contribution in [0, 0.1) is 0 Å². The summed E-state index contributed by atoms with van der Waals surface area (Å²) < 4.78 is 5.24. The summed E-state index contributed by atoms with van der Waals surface area (Å²) in [7, 11) is 0. The van der Waals surface area contributed by atoms with E-state index < -0.39 is 23.5 Å². The van der Waals surface area contributed by atoms with E-state index in [1.54, 1.807) is 24.3 Å². The maximum atomic E-state index is 12.8. The number of hydrogen-bond acceptors (Lipinski definition) is 5. The van der Waals surface area contributed by atoms with Crippen LogP contribution >= 0.6 is 0 Å². The van der Waals surface area contributed by atoms with Gasteiger partial charge in [0.1, 0.15) is 11.6 Å². The number of hydrogen-bond donors (Lipinski definition) is 3. The van der Waals surface area contributed by atoms with Gasteiger partial charge in [0, 0.05) is 31.0 Å². The molecule has 0 bridgehead atoms. The third-order valence-electron chi connectivity index (χ3n) is 5.76. The fourth-order valence-corrected chi connectivity index (χ4v) is 4.04. The molecule has 2 aliphatic rings. The quantitative estimate of drug-likeness (QED) is 0.409. The Hall–Kier alpha value is -2.94. The van der Waals surface area contributed by atoms with Crippen LogP contribution in [-0.2, 0) is 14.3 Å². The molecule has 2 fully saturated rings. The molecule has 5 amide bonds. The van der Waals surface area contributed by atoms with Gasteiger partial charge >= 0.3 is 6.03 Å². The Morgan fingerprint density at radius 2 is 2.00 bits per heavy atom. The van der Waals surface area contributed by atoms with Gasteiger partial charge in [-0.25, -0.2) is 9.69 Å². The molecule has 168 valence electrons. The van der Waals surface area contributed by atoms with Crippen molar-refractivity contribution < 1.29 is 23.9 Å². The Bertz CT molecular complexity index is 850. The molecule has 0 radical (unpaired) electrons. The van der Waals surface area contributed by atoms with E-state index in [9.17, 15) is 19.2 Å². The lowest BCUT2D eigenvalue weighted by Gasteiger charge is -2.23. The topological polar surface area (TPSA) is 117 Å². The highest BCUT2D eigenvalue weighted by molar-refractivity contribution is 6.11. The standard InChI is InChI=1S/C22H30N4O5/c1-3-31-13-7-12-23-19(28)16-8-6-9-17(14-16)24-18(27)15(2)26-20(29)22(25-21(26)30)10-4-5-11-22/h6,8-9,14-15H,3-5,7,10-13H2,1-2H3,(H,23,28)(H,24,27)(H,25,30). The van der Waals surface area contributed by atoms with Gasteiger partial charge in [-0.2, -0.15) is 0 Å². The Morgan fingerprint density at radius 3 is 2.71 bits per heavy atom. The van der Waals surface area contributed by atoms with Crippen LogP contribution in [0.2, 0.25) is 0 Å². The number of urea groups is 1. The maximum Gasteiger partial charge on any atom is 0.325 e. The second-order valence-corrected chi connectivity index (χ2v) is 7.95. The molecule has 1 heterocycles. The molecule has 1 aromatic rings. The second-order valence-electron chi connectivity index (χ2n) is 7.95. The lowest BCUT2D eigenvalue weighted by atomic mass is 9.97. The van der Waals surface area contributed by atoms with Crippen LogP contribution in [0.3, 0.4) is 0 Å². The SMILES string of the molecule is CCOCCCNC(=O)c1cccc(NC(=O)C(C)N2C(=O)NC3(CCCC3)C2=O)c1. The first kappa shape index (κ1) is 22.7. The van der Waals surface area contributed by atoms with Crippen molar-refractivity contribution in [2.75, 3.05) is 25.1 Å². The number of imide groups is 1. The largest absolute Gasteiger partial charge is 0.382 e. The summed E-state index contributed by atoms with van der Waals surface area (Å²) in [5.41, 5.74) is -0.0329. The van der Waals surface area contributed by atoms with Crippen molar-refractivity contribution in [3.8, 4) is 0 Å². The first-order chi connectivity index (χ1) is 14.9. The molecule has 1 saturated carbocycles. The van der Waals surface area contributed by atoms with Gasteiger partial charge in [-0.05, 0) is 51.3 Å². The number of carbonyl (C=O) groups is 4. The highest BCUT2D eigenvalue weighted by Gasteiger charge is 2.54. The van der Waals surface area contributed by atoms with Gasteiger partial charge in [0.05, 0.1) is 0 Å². The van der Waals surface area contributed by atoms with Gasteiger partial charge in [0.15, 0.2) is 0 Å². The molecule has 1 saturated heterocycles. The van der Waals surface area contributed by atoms with Gasteiger partial charge in [0.2, 0.25) is 5.91 Å². The molecule has 0 aromatic heterocycles. The summed E-state index contributed by atoms with van der Waals surface area (Å²) in [6.07, 6.45) is 3.66. The van der Waals surface area contributed by atoms with Crippen molar-refractivity contribution in [3.05, 3.63) is 29.8 Å². The van der Waals surface area contributed by atoms with E-state index in [4.69, 9.17) is 4.74 Å². The van der Waals surface area contributed by atoms with Crippen molar-refractivity contribution in [1.82, 2.24) is 15.5 Å². The zero-order valence-corrected chi connectivity index (χ0v) is 18.0. The van der Waals surface area contributed by atoms with Gasteiger partial charge in [0.25, 0.3) is 11.8 Å². The smallest absolute Gasteiger partial charge is 0.325 e.